The summed E-state index contributed by atoms with van der Waals surface area (Å²) in [4.78, 5) is 51.8. The molecule has 164 valence electrons. The topological polar surface area (TPSA) is 110 Å². The summed E-state index contributed by atoms with van der Waals surface area (Å²) in [5, 5.41) is 13.8. The van der Waals surface area contributed by atoms with Gasteiger partial charge >= 0.3 is 0 Å². The number of hydrogen-bond acceptors (Lipinski definition) is 5. The Hall–Kier alpha value is -3.55. The standard InChI is InChI=1S/C24H23N3O5/c28-22(25-17-7-4-8-18(13-17)27(31)32)19(11-14-5-2-1-3-6-14)26-23(29)20-15-9-10-16(12-15)21(20)24(26)30/h1-8,13,15-16,19-21H,9-12H2,(H,25,28). The predicted octanol–water partition coefficient (Wildman–Crippen LogP) is 3.18. The van der Waals surface area contributed by atoms with Crippen molar-refractivity contribution in [1.29, 1.82) is 0 Å². The van der Waals surface area contributed by atoms with Gasteiger partial charge in [0.15, 0.2) is 0 Å². The molecule has 2 bridgehead atoms. The minimum absolute atomic E-state index is 0.151. The lowest BCUT2D eigenvalue weighted by atomic mass is 9.81. The van der Waals surface area contributed by atoms with E-state index in [9.17, 15) is 24.5 Å². The Morgan fingerprint density at radius 2 is 1.69 bits per heavy atom. The molecule has 3 aliphatic rings. The summed E-state index contributed by atoms with van der Waals surface area (Å²) in [6, 6.07) is 13.9. The number of nitro benzene ring substituents is 1. The predicted molar refractivity (Wildman–Crippen MR) is 115 cm³/mol. The van der Waals surface area contributed by atoms with Crippen LogP contribution >= 0.6 is 0 Å². The van der Waals surface area contributed by atoms with Crippen LogP contribution in [0.25, 0.3) is 0 Å². The Bertz CT molecular complexity index is 1070. The zero-order valence-electron chi connectivity index (χ0n) is 17.3. The summed E-state index contributed by atoms with van der Waals surface area (Å²) in [6.45, 7) is 0. The number of likely N-dealkylation sites (tertiary alicyclic amines) is 1. The molecule has 2 aliphatic carbocycles. The van der Waals surface area contributed by atoms with E-state index in [-0.39, 0.29) is 53.3 Å². The van der Waals surface area contributed by atoms with Crippen molar-refractivity contribution in [3.8, 4) is 0 Å². The molecule has 3 fully saturated rings. The van der Waals surface area contributed by atoms with Gasteiger partial charge in [-0.2, -0.15) is 0 Å². The highest BCUT2D eigenvalue weighted by atomic mass is 16.6. The quantitative estimate of drug-likeness (QED) is 0.427. The van der Waals surface area contributed by atoms with Gasteiger partial charge in [-0.1, -0.05) is 36.4 Å². The number of imide groups is 1. The van der Waals surface area contributed by atoms with Gasteiger partial charge in [0, 0.05) is 24.2 Å². The molecule has 2 aromatic carbocycles. The average molecular weight is 433 g/mol. The number of fused-ring (bicyclic) bond motifs is 5. The molecule has 5 unspecified atom stereocenters. The van der Waals surface area contributed by atoms with E-state index in [4.69, 9.17) is 0 Å². The van der Waals surface area contributed by atoms with E-state index in [1.165, 1.54) is 23.1 Å². The molecule has 1 aliphatic heterocycles. The number of non-ortho nitro benzene ring substituents is 1. The van der Waals surface area contributed by atoms with E-state index in [2.05, 4.69) is 5.32 Å². The number of rotatable bonds is 6. The van der Waals surface area contributed by atoms with E-state index in [1.807, 2.05) is 30.3 Å². The number of nitrogens with zero attached hydrogens (tertiary/aromatic N) is 2. The minimum atomic E-state index is -1.01. The lowest BCUT2D eigenvalue weighted by Crippen LogP contribution is -2.49. The molecule has 8 nitrogen and oxygen atoms in total. The molecule has 8 heteroatoms. The van der Waals surface area contributed by atoms with Crippen LogP contribution in [-0.2, 0) is 20.8 Å². The van der Waals surface area contributed by atoms with Gasteiger partial charge in [0.2, 0.25) is 17.7 Å². The average Bonchev–Trinajstić information content (AvgIpc) is 3.47. The summed E-state index contributed by atoms with van der Waals surface area (Å²) in [7, 11) is 0. The summed E-state index contributed by atoms with van der Waals surface area (Å²) in [5.74, 6) is -1.20. The number of carbonyl (C=O) groups excluding carboxylic acids is 3. The summed E-state index contributed by atoms with van der Waals surface area (Å²) < 4.78 is 0. The van der Waals surface area contributed by atoms with Gasteiger partial charge in [-0.3, -0.25) is 29.4 Å². The van der Waals surface area contributed by atoms with Gasteiger partial charge in [-0.25, -0.2) is 0 Å². The van der Waals surface area contributed by atoms with Crippen LogP contribution in [0, 0.1) is 33.8 Å². The molecule has 3 amide bonds. The summed E-state index contributed by atoms with van der Waals surface area (Å²) in [6.07, 6.45) is 3.03. The molecule has 2 saturated carbocycles. The second-order valence-corrected chi connectivity index (χ2v) is 8.93. The first-order chi connectivity index (χ1) is 15.4. The van der Waals surface area contributed by atoms with Gasteiger partial charge in [0.05, 0.1) is 16.8 Å². The normalized spacial score (nSPS) is 26.8. The minimum Gasteiger partial charge on any atom is -0.324 e. The van der Waals surface area contributed by atoms with Crippen molar-refractivity contribution in [1.82, 2.24) is 4.90 Å². The Labute approximate surface area is 184 Å². The number of carbonyl (C=O) groups is 3. The molecular formula is C24H23N3O5. The van der Waals surface area contributed by atoms with E-state index in [0.717, 1.165) is 24.8 Å². The number of nitro groups is 1. The van der Waals surface area contributed by atoms with Crippen molar-refractivity contribution >= 4 is 29.1 Å². The number of hydrogen-bond donors (Lipinski definition) is 1. The summed E-state index contributed by atoms with van der Waals surface area (Å²) >= 11 is 0. The van der Waals surface area contributed by atoms with Crippen molar-refractivity contribution in [2.45, 2.75) is 31.7 Å². The van der Waals surface area contributed by atoms with Gasteiger partial charge in [0.25, 0.3) is 5.69 Å². The lowest BCUT2D eigenvalue weighted by molar-refractivity contribution is -0.384. The molecule has 0 radical (unpaired) electrons. The molecular weight excluding hydrogens is 410 g/mol. The molecule has 1 N–H and O–H groups in total. The first kappa shape index (κ1) is 20.4. The third kappa shape index (κ3) is 3.36. The SMILES string of the molecule is O=C(Nc1cccc([N+](=O)[O-])c1)C(Cc1ccccc1)N1C(=O)C2C3CCC(C3)C2C1=O. The first-order valence-electron chi connectivity index (χ1n) is 10.9. The van der Waals surface area contributed by atoms with Crippen LogP contribution in [0.15, 0.2) is 54.6 Å². The Morgan fingerprint density at radius 3 is 2.31 bits per heavy atom. The van der Waals surface area contributed by atoms with E-state index < -0.39 is 16.9 Å². The molecule has 1 saturated heterocycles. The fourth-order valence-electron chi connectivity index (χ4n) is 5.80. The highest BCUT2D eigenvalue weighted by molar-refractivity contribution is 6.10. The highest BCUT2D eigenvalue weighted by Gasteiger charge is 2.62. The maximum Gasteiger partial charge on any atom is 0.271 e. The molecule has 2 aromatic rings. The Morgan fingerprint density at radius 1 is 1.03 bits per heavy atom. The Kier molecular flexibility index (Phi) is 5.00. The van der Waals surface area contributed by atoms with Gasteiger partial charge in [0.1, 0.15) is 6.04 Å². The van der Waals surface area contributed by atoms with Crippen molar-refractivity contribution in [2.24, 2.45) is 23.7 Å². The number of benzene rings is 2. The van der Waals surface area contributed by atoms with Crippen LogP contribution < -0.4 is 5.32 Å². The van der Waals surface area contributed by atoms with Crippen LogP contribution in [0.2, 0.25) is 0 Å². The van der Waals surface area contributed by atoms with Gasteiger partial charge in [-0.15, -0.1) is 0 Å². The molecule has 0 spiro atoms. The van der Waals surface area contributed by atoms with E-state index in [1.54, 1.807) is 6.07 Å². The van der Waals surface area contributed by atoms with E-state index >= 15 is 0 Å². The van der Waals surface area contributed by atoms with Crippen molar-refractivity contribution in [3.05, 3.63) is 70.3 Å². The fourth-order valence-corrected chi connectivity index (χ4v) is 5.80. The highest BCUT2D eigenvalue weighted by Crippen LogP contribution is 2.56. The maximum atomic E-state index is 13.4. The van der Waals surface area contributed by atoms with E-state index in [0.29, 0.717) is 0 Å². The van der Waals surface area contributed by atoms with Crippen LogP contribution in [0.3, 0.4) is 0 Å². The first-order valence-corrected chi connectivity index (χ1v) is 10.9. The maximum absolute atomic E-state index is 13.4. The number of anilines is 1. The molecule has 5 rings (SSSR count). The third-order valence-corrected chi connectivity index (χ3v) is 7.17. The van der Waals surface area contributed by atoms with Crippen LogP contribution in [-0.4, -0.2) is 33.6 Å². The van der Waals surface area contributed by atoms with Crippen LogP contribution in [0.1, 0.15) is 24.8 Å². The zero-order chi connectivity index (χ0) is 22.4. The number of nitrogens with one attached hydrogen (secondary N) is 1. The molecule has 5 atom stereocenters. The second-order valence-electron chi connectivity index (χ2n) is 8.93. The van der Waals surface area contributed by atoms with Crippen molar-refractivity contribution < 1.29 is 19.3 Å². The third-order valence-electron chi connectivity index (χ3n) is 7.17. The summed E-state index contributed by atoms with van der Waals surface area (Å²) in [5.41, 5.74) is 0.927. The number of amides is 3. The largest absolute Gasteiger partial charge is 0.324 e. The molecule has 0 aromatic heterocycles. The lowest BCUT2D eigenvalue weighted by Gasteiger charge is -2.27. The molecule has 32 heavy (non-hydrogen) atoms. The van der Waals surface area contributed by atoms with Crippen molar-refractivity contribution in [2.75, 3.05) is 5.32 Å². The van der Waals surface area contributed by atoms with Crippen LogP contribution in [0.5, 0.6) is 0 Å². The van der Waals surface area contributed by atoms with Gasteiger partial charge in [-0.05, 0) is 42.7 Å². The smallest absolute Gasteiger partial charge is 0.271 e. The second kappa shape index (κ2) is 7.85. The van der Waals surface area contributed by atoms with Crippen LogP contribution in [0.4, 0.5) is 11.4 Å². The Balaban J connectivity index is 1.45. The van der Waals surface area contributed by atoms with Crippen molar-refractivity contribution in [3.63, 3.8) is 0 Å². The van der Waals surface area contributed by atoms with Gasteiger partial charge < -0.3 is 5.32 Å². The fraction of sp³-hybridized carbons (Fsp3) is 0.375. The zero-order valence-corrected chi connectivity index (χ0v) is 17.3. The molecule has 1 heterocycles. The monoisotopic (exact) mass is 433 g/mol.